The Balaban J connectivity index is 1.35. The lowest BCUT2D eigenvalue weighted by Gasteiger charge is -2.10. The molecule has 33 heavy (non-hydrogen) atoms. The summed E-state index contributed by atoms with van der Waals surface area (Å²) in [5.74, 6) is 0.911. The molecule has 1 aliphatic heterocycles. The van der Waals surface area contributed by atoms with E-state index in [1.54, 1.807) is 0 Å². The van der Waals surface area contributed by atoms with Crippen LogP contribution in [0.3, 0.4) is 0 Å². The fourth-order valence-electron chi connectivity index (χ4n) is 4.11. The Hall–Kier alpha value is -2.98. The minimum absolute atomic E-state index is 0.854. The van der Waals surface area contributed by atoms with Gasteiger partial charge in [-0.05, 0) is 86.4 Å². The van der Waals surface area contributed by atoms with Crippen molar-refractivity contribution in [3.63, 3.8) is 0 Å². The average molecular weight is 459 g/mol. The normalized spacial score (nSPS) is 14.1. The maximum absolute atomic E-state index is 6.28. The van der Waals surface area contributed by atoms with Gasteiger partial charge in [0.15, 0.2) is 0 Å². The standard InChI is InChI=1S/C28H31ClN4/c29-27-16-4-2-10-23(27)9-1-3-12-25-14-7-11-22-17-20-32-28(26(22)21-33-25)31-19-8-15-24-13-5-6-18-30-24/h2,4-6,10-11,13,16-18,20-21H,1,3,7-9,12,14-15,19H2,(H,31,32)/b22-11?,26-21+,33-25?. The molecule has 0 saturated heterocycles. The molecule has 0 atom stereocenters. The summed E-state index contributed by atoms with van der Waals surface area (Å²) in [6, 6.07) is 16.3. The van der Waals surface area contributed by atoms with Crippen LogP contribution in [0.1, 0.15) is 49.8 Å². The molecular formula is C28H31ClN4. The Morgan fingerprint density at radius 1 is 0.848 bits per heavy atom. The van der Waals surface area contributed by atoms with Crippen LogP contribution in [0.2, 0.25) is 5.02 Å². The number of halogens is 1. The summed E-state index contributed by atoms with van der Waals surface area (Å²) in [5, 5.41) is 6.67. The number of nitrogens with zero attached hydrogens (tertiary/aromatic N) is 3. The third kappa shape index (κ3) is 7.00. The van der Waals surface area contributed by atoms with Crippen molar-refractivity contribution in [2.75, 3.05) is 11.9 Å². The van der Waals surface area contributed by atoms with E-state index in [-0.39, 0.29) is 0 Å². The molecular weight excluding hydrogens is 428 g/mol. The van der Waals surface area contributed by atoms with Crippen molar-refractivity contribution in [1.29, 1.82) is 0 Å². The molecule has 5 heteroatoms. The van der Waals surface area contributed by atoms with Gasteiger partial charge in [0.1, 0.15) is 5.82 Å². The van der Waals surface area contributed by atoms with Crippen LogP contribution in [-0.4, -0.2) is 22.2 Å². The van der Waals surface area contributed by atoms with E-state index < -0.39 is 0 Å². The van der Waals surface area contributed by atoms with E-state index in [1.165, 1.54) is 16.5 Å². The molecule has 0 saturated carbocycles. The first-order valence-electron chi connectivity index (χ1n) is 11.9. The van der Waals surface area contributed by atoms with Crippen LogP contribution in [-0.2, 0) is 12.8 Å². The van der Waals surface area contributed by atoms with Gasteiger partial charge in [0.2, 0.25) is 0 Å². The second-order valence-corrected chi connectivity index (χ2v) is 8.79. The van der Waals surface area contributed by atoms with Gasteiger partial charge in [0.05, 0.1) is 0 Å². The fraction of sp³-hybridized carbons (Fsp3) is 0.321. The van der Waals surface area contributed by atoms with Crippen LogP contribution in [0, 0.1) is 0 Å². The molecule has 3 heterocycles. The summed E-state index contributed by atoms with van der Waals surface area (Å²) in [6.07, 6.45) is 16.3. The topological polar surface area (TPSA) is 50.2 Å². The van der Waals surface area contributed by atoms with Crippen LogP contribution >= 0.6 is 11.6 Å². The molecule has 4 nitrogen and oxygen atoms in total. The molecule has 0 amide bonds. The highest BCUT2D eigenvalue weighted by atomic mass is 35.5. The van der Waals surface area contributed by atoms with Gasteiger partial charge in [-0.25, -0.2) is 4.98 Å². The lowest BCUT2D eigenvalue weighted by Crippen LogP contribution is -2.30. The van der Waals surface area contributed by atoms with E-state index in [0.29, 0.717) is 0 Å². The summed E-state index contributed by atoms with van der Waals surface area (Å²) < 4.78 is 0. The first-order chi connectivity index (χ1) is 16.3. The third-order valence-corrected chi connectivity index (χ3v) is 6.31. The van der Waals surface area contributed by atoms with Gasteiger partial charge < -0.3 is 5.32 Å². The van der Waals surface area contributed by atoms with Crippen LogP contribution in [0.5, 0.6) is 0 Å². The Morgan fingerprint density at radius 3 is 2.61 bits per heavy atom. The zero-order valence-electron chi connectivity index (χ0n) is 19.0. The number of aromatic nitrogens is 2. The second kappa shape index (κ2) is 12.3. The quantitative estimate of drug-likeness (QED) is 0.417. The van der Waals surface area contributed by atoms with Gasteiger partial charge >= 0.3 is 0 Å². The smallest absolute Gasteiger partial charge is 0.135 e. The number of hydrogen-bond donors (Lipinski definition) is 1. The van der Waals surface area contributed by atoms with Crippen molar-refractivity contribution in [2.24, 2.45) is 4.99 Å². The molecule has 0 bridgehead atoms. The summed E-state index contributed by atoms with van der Waals surface area (Å²) in [7, 11) is 0. The van der Waals surface area contributed by atoms with Crippen LogP contribution in [0.4, 0.5) is 5.82 Å². The maximum Gasteiger partial charge on any atom is 0.135 e. The summed E-state index contributed by atoms with van der Waals surface area (Å²) >= 11 is 6.28. The Labute approximate surface area is 201 Å². The number of aliphatic imine (C=N–C) groups is 1. The molecule has 1 aliphatic rings. The molecule has 0 fully saturated rings. The molecule has 3 aromatic rings. The SMILES string of the molecule is Clc1ccccc1CCCCC1=N/C=c2/c(NCCCc3ccccn3)nccc2=CCC1. The summed E-state index contributed by atoms with van der Waals surface area (Å²) in [4.78, 5) is 13.9. The zero-order valence-corrected chi connectivity index (χ0v) is 19.8. The van der Waals surface area contributed by atoms with E-state index in [2.05, 4.69) is 45.6 Å². The zero-order chi connectivity index (χ0) is 22.7. The van der Waals surface area contributed by atoms with Gasteiger partial charge in [-0.15, -0.1) is 0 Å². The highest BCUT2D eigenvalue weighted by Gasteiger charge is 2.05. The fourth-order valence-corrected chi connectivity index (χ4v) is 4.35. The number of benzene rings is 1. The van der Waals surface area contributed by atoms with Crippen molar-refractivity contribution in [1.82, 2.24) is 9.97 Å². The van der Waals surface area contributed by atoms with E-state index in [1.807, 2.05) is 42.9 Å². The largest absolute Gasteiger partial charge is 0.370 e. The van der Waals surface area contributed by atoms with Crippen LogP contribution in [0.25, 0.3) is 12.3 Å². The second-order valence-electron chi connectivity index (χ2n) is 8.38. The van der Waals surface area contributed by atoms with E-state index in [9.17, 15) is 0 Å². The average Bonchev–Trinajstić information content (AvgIpc) is 2.83. The monoisotopic (exact) mass is 458 g/mol. The van der Waals surface area contributed by atoms with Crippen LogP contribution in [0.15, 0.2) is 65.9 Å². The highest BCUT2D eigenvalue weighted by Crippen LogP contribution is 2.18. The van der Waals surface area contributed by atoms with E-state index in [4.69, 9.17) is 16.6 Å². The minimum atomic E-state index is 0.854. The molecule has 0 unspecified atom stereocenters. The molecule has 0 radical (unpaired) electrons. The number of aryl methyl sites for hydroxylation is 2. The molecule has 0 spiro atoms. The molecule has 1 aromatic carbocycles. The van der Waals surface area contributed by atoms with Gasteiger partial charge in [-0.2, -0.15) is 0 Å². The Bertz CT molecular complexity index is 1190. The first kappa shape index (κ1) is 23.2. The number of hydrogen-bond acceptors (Lipinski definition) is 4. The van der Waals surface area contributed by atoms with Crippen molar-refractivity contribution in [3.8, 4) is 0 Å². The lowest BCUT2D eigenvalue weighted by molar-refractivity contribution is 0.755. The Kier molecular flexibility index (Phi) is 8.65. The van der Waals surface area contributed by atoms with E-state index in [0.717, 1.165) is 79.7 Å². The van der Waals surface area contributed by atoms with Crippen molar-refractivity contribution in [3.05, 3.63) is 87.6 Å². The molecule has 1 N–H and O–H groups in total. The number of nitrogens with one attached hydrogen (secondary N) is 1. The number of anilines is 1. The molecule has 170 valence electrons. The first-order valence-corrected chi connectivity index (χ1v) is 12.3. The van der Waals surface area contributed by atoms with Crippen molar-refractivity contribution in [2.45, 2.75) is 51.4 Å². The number of rotatable bonds is 10. The molecule has 0 aliphatic carbocycles. The number of fused-ring (bicyclic) bond motifs is 1. The maximum atomic E-state index is 6.28. The summed E-state index contributed by atoms with van der Waals surface area (Å²) in [5.41, 5.74) is 3.62. The molecule has 4 rings (SSSR count). The predicted molar refractivity (Wildman–Crippen MR) is 139 cm³/mol. The van der Waals surface area contributed by atoms with Gasteiger partial charge in [0, 0.05) is 46.8 Å². The van der Waals surface area contributed by atoms with Crippen molar-refractivity contribution < 1.29 is 0 Å². The van der Waals surface area contributed by atoms with Crippen molar-refractivity contribution >= 4 is 35.4 Å². The number of unbranched alkanes of at least 4 members (excludes halogenated alkanes) is 1. The number of pyridine rings is 2. The van der Waals surface area contributed by atoms with Gasteiger partial charge in [-0.3, -0.25) is 9.98 Å². The minimum Gasteiger partial charge on any atom is -0.370 e. The highest BCUT2D eigenvalue weighted by molar-refractivity contribution is 6.31. The van der Waals surface area contributed by atoms with E-state index >= 15 is 0 Å². The van der Waals surface area contributed by atoms with Crippen LogP contribution < -0.4 is 15.8 Å². The summed E-state index contributed by atoms with van der Waals surface area (Å²) in [6.45, 7) is 0.854. The van der Waals surface area contributed by atoms with Gasteiger partial charge in [-0.1, -0.05) is 41.9 Å². The van der Waals surface area contributed by atoms with Gasteiger partial charge in [0.25, 0.3) is 0 Å². The predicted octanol–water partition coefficient (Wildman–Crippen LogP) is 5.34. The molecule has 2 aromatic heterocycles. The third-order valence-electron chi connectivity index (χ3n) is 5.94. The lowest BCUT2D eigenvalue weighted by atomic mass is 10.0. The Morgan fingerprint density at radius 2 is 1.73 bits per heavy atom.